The number of rotatable bonds is 5. The third-order valence-corrected chi connectivity index (χ3v) is 5.64. The summed E-state index contributed by atoms with van der Waals surface area (Å²) in [6.07, 6.45) is 4.72. The number of hydrogen-bond acceptors (Lipinski definition) is 3. The van der Waals surface area contributed by atoms with Crippen LogP contribution in [0.5, 0.6) is 0 Å². The van der Waals surface area contributed by atoms with Crippen LogP contribution in [0.4, 0.5) is 0 Å². The minimum atomic E-state index is -0.0103. The van der Waals surface area contributed by atoms with Gasteiger partial charge in [-0.05, 0) is 43.7 Å². The number of aryl methyl sites for hydroxylation is 2. The molecule has 0 aromatic heterocycles. The Balaban J connectivity index is 1.62. The zero-order chi connectivity index (χ0) is 17.0. The Hall–Kier alpha value is -1.39. The first-order valence-electron chi connectivity index (χ1n) is 9.07. The van der Waals surface area contributed by atoms with Gasteiger partial charge in [-0.1, -0.05) is 24.3 Å². The number of fused-ring (bicyclic) bond motifs is 1. The average Bonchev–Trinajstić information content (AvgIpc) is 2.60. The second kappa shape index (κ2) is 7.66. The largest absolute Gasteiger partial charge is 0.384 e. The molecule has 1 aromatic carbocycles. The van der Waals surface area contributed by atoms with Crippen LogP contribution in [0.3, 0.4) is 0 Å². The lowest BCUT2D eigenvalue weighted by Gasteiger charge is -2.50. The van der Waals surface area contributed by atoms with Gasteiger partial charge in [0.2, 0.25) is 5.91 Å². The van der Waals surface area contributed by atoms with Gasteiger partial charge < -0.3 is 14.4 Å². The summed E-state index contributed by atoms with van der Waals surface area (Å²) in [5.74, 6) is 0.262. The summed E-state index contributed by atoms with van der Waals surface area (Å²) in [4.78, 5) is 14.8. The normalized spacial score (nSPS) is 26.9. The third-order valence-electron chi connectivity index (χ3n) is 5.64. The topological polar surface area (TPSA) is 38.8 Å². The van der Waals surface area contributed by atoms with Crippen molar-refractivity contribution in [3.05, 3.63) is 35.4 Å². The maximum Gasteiger partial charge on any atom is 0.222 e. The van der Waals surface area contributed by atoms with Crippen molar-refractivity contribution >= 4 is 5.91 Å². The fraction of sp³-hybridized carbons (Fsp3) is 0.650. The average molecular weight is 331 g/mol. The summed E-state index contributed by atoms with van der Waals surface area (Å²) in [5, 5.41) is 0. The lowest BCUT2D eigenvalue weighted by molar-refractivity contribution is -0.162. The Morgan fingerprint density at radius 3 is 3.04 bits per heavy atom. The van der Waals surface area contributed by atoms with Gasteiger partial charge in [-0.15, -0.1) is 0 Å². The number of ether oxygens (including phenoxy) is 2. The van der Waals surface area contributed by atoms with E-state index in [1.54, 1.807) is 7.11 Å². The molecule has 4 heteroatoms. The van der Waals surface area contributed by atoms with Crippen LogP contribution < -0.4 is 0 Å². The van der Waals surface area contributed by atoms with Gasteiger partial charge in [0, 0.05) is 38.6 Å². The summed E-state index contributed by atoms with van der Waals surface area (Å²) >= 11 is 0. The molecule has 2 fully saturated rings. The van der Waals surface area contributed by atoms with Crippen molar-refractivity contribution < 1.29 is 14.3 Å². The zero-order valence-corrected chi connectivity index (χ0v) is 14.9. The molecular weight excluding hydrogens is 302 g/mol. The van der Waals surface area contributed by atoms with E-state index in [4.69, 9.17) is 9.47 Å². The number of carbonyl (C=O) groups is 1. The standard InChI is InChI=1S/C20H29NO3/c1-16-6-3-4-7-17(16)8-9-19(22)21-12-10-18-20(14-21,15-23-2)11-5-13-24-18/h3-4,6-7,18H,5,8-15H2,1-2H3/t18-,20-/m1/s1. The number of benzene rings is 1. The molecule has 2 aliphatic heterocycles. The molecule has 0 radical (unpaired) electrons. The van der Waals surface area contributed by atoms with E-state index in [0.717, 1.165) is 45.4 Å². The summed E-state index contributed by atoms with van der Waals surface area (Å²) in [6, 6.07) is 8.32. The molecule has 2 aliphatic rings. The van der Waals surface area contributed by atoms with Gasteiger partial charge in [-0.2, -0.15) is 0 Å². The minimum Gasteiger partial charge on any atom is -0.384 e. The molecule has 0 aliphatic carbocycles. The van der Waals surface area contributed by atoms with E-state index in [2.05, 4.69) is 19.1 Å². The van der Waals surface area contributed by atoms with Gasteiger partial charge >= 0.3 is 0 Å². The minimum absolute atomic E-state index is 0.0103. The van der Waals surface area contributed by atoms with Crippen molar-refractivity contribution in [2.45, 2.75) is 45.1 Å². The van der Waals surface area contributed by atoms with Crippen LogP contribution in [0.15, 0.2) is 24.3 Å². The maximum atomic E-state index is 12.7. The van der Waals surface area contributed by atoms with E-state index in [1.807, 2.05) is 17.0 Å². The lowest BCUT2D eigenvalue weighted by Crippen LogP contribution is -2.58. The van der Waals surface area contributed by atoms with Gasteiger partial charge in [0.15, 0.2) is 0 Å². The Bertz CT molecular complexity index is 570. The van der Waals surface area contributed by atoms with Crippen molar-refractivity contribution in [1.82, 2.24) is 4.90 Å². The molecular formula is C20H29NO3. The molecule has 0 N–H and O–H groups in total. The Kier molecular flexibility index (Phi) is 5.57. The van der Waals surface area contributed by atoms with Gasteiger partial charge in [0.05, 0.1) is 12.7 Å². The van der Waals surface area contributed by atoms with Gasteiger partial charge in [-0.25, -0.2) is 0 Å². The monoisotopic (exact) mass is 331 g/mol. The molecule has 24 heavy (non-hydrogen) atoms. The van der Waals surface area contributed by atoms with Crippen molar-refractivity contribution in [2.75, 3.05) is 33.4 Å². The second-order valence-electron chi connectivity index (χ2n) is 7.29. The number of nitrogens with zero attached hydrogens (tertiary/aromatic N) is 1. The first-order chi connectivity index (χ1) is 11.6. The number of hydrogen-bond donors (Lipinski definition) is 0. The van der Waals surface area contributed by atoms with Crippen LogP contribution in [0.2, 0.25) is 0 Å². The highest BCUT2D eigenvalue weighted by molar-refractivity contribution is 5.76. The van der Waals surface area contributed by atoms with Crippen LogP contribution in [0, 0.1) is 12.3 Å². The van der Waals surface area contributed by atoms with E-state index in [9.17, 15) is 4.79 Å². The molecule has 0 bridgehead atoms. The first kappa shape index (κ1) is 17.4. The molecule has 0 saturated carbocycles. The van der Waals surface area contributed by atoms with E-state index >= 15 is 0 Å². The Morgan fingerprint density at radius 2 is 2.25 bits per heavy atom. The number of amides is 1. The highest BCUT2D eigenvalue weighted by Crippen LogP contribution is 2.40. The van der Waals surface area contributed by atoms with Gasteiger partial charge in [-0.3, -0.25) is 4.79 Å². The number of piperidine rings is 1. The molecule has 3 rings (SSSR count). The predicted molar refractivity (Wildman–Crippen MR) is 94.0 cm³/mol. The number of likely N-dealkylation sites (tertiary alicyclic amines) is 1. The highest BCUT2D eigenvalue weighted by Gasteiger charge is 2.46. The van der Waals surface area contributed by atoms with Crippen LogP contribution in [0.25, 0.3) is 0 Å². The SMILES string of the molecule is COC[C@]12CCCO[C@@H]1CCN(C(=O)CCc1ccccc1C)C2. The molecule has 2 atom stereocenters. The van der Waals surface area contributed by atoms with E-state index in [0.29, 0.717) is 13.0 Å². The summed E-state index contributed by atoms with van der Waals surface area (Å²) < 4.78 is 11.5. The summed E-state index contributed by atoms with van der Waals surface area (Å²) in [7, 11) is 1.75. The molecule has 1 aromatic rings. The van der Waals surface area contributed by atoms with Crippen LogP contribution in [-0.4, -0.2) is 50.3 Å². The van der Waals surface area contributed by atoms with Gasteiger partial charge in [0.25, 0.3) is 0 Å². The maximum absolute atomic E-state index is 12.7. The molecule has 0 spiro atoms. The summed E-state index contributed by atoms with van der Waals surface area (Å²) in [6.45, 7) is 5.22. The van der Waals surface area contributed by atoms with Crippen molar-refractivity contribution in [3.8, 4) is 0 Å². The number of methoxy groups -OCH3 is 1. The number of carbonyl (C=O) groups excluding carboxylic acids is 1. The Labute approximate surface area is 145 Å². The quantitative estimate of drug-likeness (QED) is 0.833. The summed E-state index contributed by atoms with van der Waals surface area (Å²) in [5.41, 5.74) is 2.53. The van der Waals surface area contributed by atoms with Gasteiger partial charge in [0.1, 0.15) is 0 Å². The van der Waals surface area contributed by atoms with Crippen LogP contribution in [-0.2, 0) is 20.7 Å². The van der Waals surface area contributed by atoms with Crippen molar-refractivity contribution in [1.29, 1.82) is 0 Å². The van der Waals surface area contributed by atoms with Crippen molar-refractivity contribution in [3.63, 3.8) is 0 Å². The van der Waals surface area contributed by atoms with Crippen LogP contribution >= 0.6 is 0 Å². The predicted octanol–water partition coefficient (Wildman–Crippen LogP) is 2.97. The smallest absolute Gasteiger partial charge is 0.222 e. The molecule has 132 valence electrons. The lowest BCUT2D eigenvalue weighted by atomic mass is 9.73. The molecule has 1 amide bonds. The third kappa shape index (κ3) is 3.65. The second-order valence-corrected chi connectivity index (χ2v) is 7.29. The molecule has 2 heterocycles. The zero-order valence-electron chi connectivity index (χ0n) is 14.9. The molecule has 4 nitrogen and oxygen atoms in total. The van der Waals surface area contributed by atoms with E-state index in [1.165, 1.54) is 11.1 Å². The van der Waals surface area contributed by atoms with Crippen molar-refractivity contribution in [2.24, 2.45) is 5.41 Å². The fourth-order valence-electron chi connectivity index (χ4n) is 4.29. The van der Waals surface area contributed by atoms with E-state index < -0.39 is 0 Å². The molecule has 2 saturated heterocycles. The van der Waals surface area contributed by atoms with Crippen LogP contribution in [0.1, 0.15) is 36.8 Å². The highest BCUT2D eigenvalue weighted by atomic mass is 16.5. The molecule has 0 unspecified atom stereocenters. The first-order valence-corrected chi connectivity index (χ1v) is 9.07. The van der Waals surface area contributed by atoms with E-state index in [-0.39, 0.29) is 17.4 Å². The Morgan fingerprint density at radius 1 is 1.42 bits per heavy atom. The fourth-order valence-corrected chi connectivity index (χ4v) is 4.29.